The molecule has 0 aliphatic rings. The van der Waals surface area contributed by atoms with Gasteiger partial charge in [0.2, 0.25) is 0 Å². The molecule has 2 atom stereocenters. The fourth-order valence-corrected chi connectivity index (χ4v) is 11.6. The minimum absolute atomic E-state index is 0.0733. The second-order valence-corrected chi connectivity index (χ2v) is 16.0. The summed E-state index contributed by atoms with van der Waals surface area (Å²) >= 11 is 0. The molecule has 0 saturated heterocycles. The highest BCUT2D eigenvalue weighted by atomic mass is 31.2. The summed E-state index contributed by atoms with van der Waals surface area (Å²) in [5, 5.41) is 3.36. The van der Waals surface area contributed by atoms with Crippen molar-refractivity contribution in [3.8, 4) is 0 Å². The summed E-state index contributed by atoms with van der Waals surface area (Å²) in [5.41, 5.74) is 0.440. The van der Waals surface area contributed by atoms with Gasteiger partial charge in [-0.15, -0.1) is 0 Å². The highest BCUT2D eigenvalue weighted by Gasteiger charge is 2.43. The number of hydrogen-bond donors (Lipinski definition) is 0. The Kier molecular flexibility index (Phi) is 5.88. The van der Waals surface area contributed by atoms with E-state index in [0.29, 0.717) is 5.54 Å². The van der Waals surface area contributed by atoms with Crippen molar-refractivity contribution in [3.63, 3.8) is 0 Å². The molecule has 0 heterocycles. The minimum Gasteiger partial charge on any atom is -0.313 e. The van der Waals surface area contributed by atoms with Crippen molar-refractivity contribution in [1.29, 1.82) is 0 Å². The molecule has 3 rings (SSSR count). The average Bonchev–Trinajstić information content (AvgIpc) is 2.74. The number of hydrogen-bond acceptors (Lipinski definition) is 1. The quantitative estimate of drug-likeness (QED) is 0.406. The molecule has 0 amide bonds. The molecule has 0 radical (unpaired) electrons. The largest absolute Gasteiger partial charge is 0.313 e. The zero-order chi connectivity index (χ0) is 19.5. The summed E-state index contributed by atoms with van der Waals surface area (Å²) in [5.74, 6) is 0. The van der Waals surface area contributed by atoms with Gasteiger partial charge in [0.15, 0.2) is 0 Å². The third-order valence-corrected chi connectivity index (χ3v) is 14.8. The lowest BCUT2D eigenvalue weighted by Crippen LogP contribution is -2.49. The Balaban J connectivity index is 2.09. The molecule has 27 heavy (non-hydrogen) atoms. The van der Waals surface area contributed by atoms with Gasteiger partial charge in [0.05, 0.1) is 8.07 Å². The molecule has 0 N–H and O–H groups in total. The molecular formula is C24H29OPSi. The fourth-order valence-electron chi connectivity index (χ4n) is 3.97. The van der Waals surface area contributed by atoms with Gasteiger partial charge in [0.25, 0.3) is 0 Å². The van der Waals surface area contributed by atoms with Gasteiger partial charge in [-0.3, -0.25) is 0 Å². The van der Waals surface area contributed by atoms with Crippen LogP contribution in [0.15, 0.2) is 91.0 Å². The first kappa shape index (κ1) is 19.9. The van der Waals surface area contributed by atoms with Crippen LogP contribution in [0.3, 0.4) is 0 Å². The number of benzene rings is 3. The molecule has 0 bridgehead atoms. The first-order valence-electron chi connectivity index (χ1n) is 9.65. The molecule has 0 fully saturated rings. The first-order valence-corrected chi connectivity index (χ1v) is 14.5. The summed E-state index contributed by atoms with van der Waals surface area (Å²) in [6.45, 7) is 9.32. The Morgan fingerprint density at radius 2 is 1.04 bits per heavy atom. The highest BCUT2D eigenvalue weighted by molar-refractivity contribution is 7.79. The van der Waals surface area contributed by atoms with E-state index in [1.54, 1.807) is 0 Å². The lowest BCUT2D eigenvalue weighted by atomic mass is 10.3. The van der Waals surface area contributed by atoms with Crippen molar-refractivity contribution < 1.29 is 4.57 Å². The molecule has 0 saturated carbocycles. The maximum absolute atomic E-state index is 14.7. The SMILES string of the molecule is C[C@H]([C@H](C)[Si](C)(C)c1ccccc1)P(=O)(c1ccccc1)c1ccccc1. The van der Waals surface area contributed by atoms with Crippen LogP contribution in [-0.2, 0) is 4.57 Å². The Morgan fingerprint density at radius 3 is 1.44 bits per heavy atom. The van der Waals surface area contributed by atoms with Crippen LogP contribution in [0.25, 0.3) is 0 Å². The van der Waals surface area contributed by atoms with Crippen LogP contribution >= 0.6 is 7.14 Å². The van der Waals surface area contributed by atoms with Crippen LogP contribution in [-0.4, -0.2) is 13.7 Å². The van der Waals surface area contributed by atoms with Gasteiger partial charge < -0.3 is 4.57 Å². The van der Waals surface area contributed by atoms with Crippen LogP contribution in [0.4, 0.5) is 0 Å². The molecule has 0 aliphatic carbocycles. The Labute approximate surface area is 164 Å². The molecule has 0 aliphatic heterocycles. The topological polar surface area (TPSA) is 17.1 Å². The second kappa shape index (κ2) is 8.00. The van der Waals surface area contributed by atoms with Crippen molar-refractivity contribution in [2.75, 3.05) is 0 Å². The molecule has 0 spiro atoms. The zero-order valence-electron chi connectivity index (χ0n) is 16.7. The van der Waals surface area contributed by atoms with Crippen LogP contribution in [0.5, 0.6) is 0 Å². The van der Waals surface area contributed by atoms with Crippen LogP contribution in [0.2, 0.25) is 18.6 Å². The molecule has 3 aromatic rings. The molecule has 140 valence electrons. The van der Waals surface area contributed by atoms with E-state index in [0.717, 1.165) is 10.6 Å². The van der Waals surface area contributed by atoms with Crippen molar-refractivity contribution in [2.24, 2.45) is 0 Å². The summed E-state index contributed by atoms with van der Waals surface area (Å²) in [4.78, 5) is 0. The lowest BCUT2D eigenvalue weighted by Gasteiger charge is -2.38. The van der Waals surface area contributed by atoms with Crippen molar-refractivity contribution >= 4 is 31.0 Å². The van der Waals surface area contributed by atoms with Gasteiger partial charge >= 0.3 is 0 Å². The summed E-state index contributed by atoms with van der Waals surface area (Å²) in [6, 6.07) is 30.9. The third-order valence-electron chi connectivity index (χ3n) is 6.23. The predicted molar refractivity (Wildman–Crippen MR) is 122 cm³/mol. The fraction of sp³-hybridized carbons (Fsp3) is 0.250. The number of rotatable bonds is 6. The average molecular weight is 393 g/mol. The Bertz CT molecular complexity index is 863. The van der Waals surface area contributed by atoms with E-state index in [4.69, 9.17) is 0 Å². The zero-order valence-corrected chi connectivity index (χ0v) is 18.6. The van der Waals surface area contributed by atoms with Crippen molar-refractivity contribution in [2.45, 2.75) is 38.1 Å². The Morgan fingerprint density at radius 1 is 0.667 bits per heavy atom. The van der Waals surface area contributed by atoms with E-state index in [-0.39, 0.29) is 5.66 Å². The summed E-state index contributed by atoms with van der Waals surface area (Å²) < 4.78 is 14.7. The maximum Gasteiger partial charge on any atom is 0.145 e. The van der Waals surface area contributed by atoms with Crippen molar-refractivity contribution in [3.05, 3.63) is 91.0 Å². The monoisotopic (exact) mass is 392 g/mol. The van der Waals surface area contributed by atoms with Gasteiger partial charge in [-0.2, -0.15) is 0 Å². The van der Waals surface area contributed by atoms with Gasteiger partial charge in [-0.25, -0.2) is 0 Å². The summed E-state index contributed by atoms with van der Waals surface area (Å²) in [7, 11) is -4.55. The minimum atomic E-state index is -2.75. The second-order valence-electron chi connectivity index (χ2n) is 7.95. The highest BCUT2D eigenvalue weighted by Crippen LogP contribution is 2.54. The van der Waals surface area contributed by atoms with E-state index in [1.807, 2.05) is 60.7 Å². The van der Waals surface area contributed by atoms with E-state index < -0.39 is 15.2 Å². The third kappa shape index (κ3) is 3.74. The van der Waals surface area contributed by atoms with E-state index in [9.17, 15) is 4.57 Å². The maximum atomic E-state index is 14.7. The molecule has 1 nitrogen and oxygen atoms in total. The standard InChI is InChI=1S/C24H29OPSi/c1-20(21(2)27(3,4)24-18-12-7-13-19-24)26(25,22-14-8-5-9-15-22)23-16-10-6-11-17-23/h5-21H,1-4H3/t20-,21+/m1/s1. The Hall–Kier alpha value is -1.89. The molecular weight excluding hydrogens is 363 g/mol. The van der Waals surface area contributed by atoms with Gasteiger partial charge in [-0.1, -0.05) is 123 Å². The summed E-state index contributed by atoms with van der Waals surface area (Å²) in [6.07, 6.45) is 0. The molecule has 0 aromatic heterocycles. The smallest absolute Gasteiger partial charge is 0.145 e. The van der Waals surface area contributed by atoms with Gasteiger partial charge in [-0.05, 0) is 5.54 Å². The van der Waals surface area contributed by atoms with E-state index in [1.165, 1.54) is 5.19 Å². The first-order chi connectivity index (χ1) is 12.9. The van der Waals surface area contributed by atoms with Gasteiger partial charge in [0.1, 0.15) is 7.14 Å². The normalized spacial score (nSPS) is 14.5. The lowest BCUT2D eigenvalue weighted by molar-refractivity contribution is 0.577. The van der Waals surface area contributed by atoms with E-state index in [2.05, 4.69) is 57.3 Å². The van der Waals surface area contributed by atoms with Crippen LogP contribution < -0.4 is 15.8 Å². The van der Waals surface area contributed by atoms with Crippen LogP contribution in [0, 0.1) is 0 Å². The van der Waals surface area contributed by atoms with Crippen LogP contribution in [0.1, 0.15) is 13.8 Å². The molecule has 3 heteroatoms. The predicted octanol–water partition coefficient (Wildman–Crippen LogP) is 5.39. The van der Waals surface area contributed by atoms with Crippen molar-refractivity contribution in [1.82, 2.24) is 0 Å². The molecule has 0 unspecified atom stereocenters. The van der Waals surface area contributed by atoms with E-state index >= 15 is 0 Å². The van der Waals surface area contributed by atoms with Gasteiger partial charge in [0, 0.05) is 16.3 Å². The molecule has 3 aromatic carbocycles.